The van der Waals surface area contributed by atoms with Gasteiger partial charge in [0.1, 0.15) is 12.1 Å². The Labute approximate surface area is 126 Å². The molecule has 1 fully saturated rings. The summed E-state index contributed by atoms with van der Waals surface area (Å²) < 4.78 is 39.0. The van der Waals surface area contributed by atoms with Crippen LogP contribution in [-0.4, -0.2) is 28.5 Å². The molecule has 1 amide bonds. The Morgan fingerprint density at radius 1 is 1.41 bits per heavy atom. The van der Waals surface area contributed by atoms with Crippen LogP contribution >= 0.6 is 0 Å². The maximum atomic E-state index is 12.7. The Morgan fingerprint density at radius 2 is 2.09 bits per heavy atom. The van der Waals surface area contributed by atoms with E-state index in [2.05, 4.69) is 0 Å². The Hall–Kier alpha value is -1.79. The monoisotopic (exact) mass is 316 g/mol. The quantitative estimate of drug-likeness (QED) is 0.809. The number of pyridine rings is 1. The lowest BCUT2D eigenvalue weighted by Crippen LogP contribution is -2.39. The predicted octanol–water partition coefficient (Wildman–Crippen LogP) is 2.52. The smallest absolute Gasteiger partial charge is 0.341 e. The predicted molar refractivity (Wildman–Crippen MR) is 75.3 cm³/mol. The lowest BCUT2D eigenvalue weighted by atomic mass is 10.2. The van der Waals surface area contributed by atoms with Gasteiger partial charge in [0.25, 0.3) is 5.56 Å². The minimum atomic E-state index is -4.71. The second kappa shape index (κ2) is 6.54. The van der Waals surface area contributed by atoms with Crippen LogP contribution in [0.4, 0.5) is 13.2 Å². The summed E-state index contributed by atoms with van der Waals surface area (Å²) in [6.45, 7) is 2.77. The van der Waals surface area contributed by atoms with E-state index in [9.17, 15) is 22.8 Å². The first-order valence-electron chi connectivity index (χ1n) is 7.37. The van der Waals surface area contributed by atoms with E-state index in [-0.39, 0.29) is 12.5 Å². The summed E-state index contributed by atoms with van der Waals surface area (Å²) in [5, 5.41) is 0. The van der Waals surface area contributed by atoms with Gasteiger partial charge in [0.2, 0.25) is 5.91 Å². The van der Waals surface area contributed by atoms with Gasteiger partial charge in [0.05, 0.1) is 0 Å². The van der Waals surface area contributed by atoms with Crippen molar-refractivity contribution >= 4 is 5.91 Å². The van der Waals surface area contributed by atoms with Gasteiger partial charge < -0.3 is 9.47 Å². The van der Waals surface area contributed by atoms with Crippen molar-refractivity contribution in [3.05, 3.63) is 34.2 Å². The van der Waals surface area contributed by atoms with Gasteiger partial charge in [-0.1, -0.05) is 6.92 Å². The molecule has 22 heavy (non-hydrogen) atoms. The second-order valence-corrected chi connectivity index (χ2v) is 5.64. The van der Waals surface area contributed by atoms with Crippen LogP contribution in [0.5, 0.6) is 0 Å². The highest BCUT2D eigenvalue weighted by molar-refractivity contribution is 5.76. The number of carbonyl (C=O) groups excluding carboxylic acids is 1. The Balaban J connectivity index is 2.14. The summed E-state index contributed by atoms with van der Waals surface area (Å²) in [6, 6.07) is 1.87. The van der Waals surface area contributed by atoms with E-state index in [0.717, 1.165) is 36.0 Å². The zero-order chi connectivity index (χ0) is 16.3. The maximum absolute atomic E-state index is 12.7. The van der Waals surface area contributed by atoms with Crippen LogP contribution in [0.15, 0.2) is 23.1 Å². The topological polar surface area (TPSA) is 42.3 Å². The van der Waals surface area contributed by atoms with Crippen LogP contribution in [0.2, 0.25) is 0 Å². The number of carbonyl (C=O) groups is 1. The molecule has 0 aliphatic heterocycles. The fourth-order valence-electron chi connectivity index (χ4n) is 2.32. The van der Waals surface area contributed by atoms with Gasteiger partial charge in [-0.15, -0.1) is 0 Å². The Kier molecular flexibility index (Phi) is 4.93. The maximum Gasteiger partial charge on any atom is 0.421 e. The Bertz CT molecular complexity index is 591. The van der Waals surface area contributed by atoms with Crippen LogP contribution < -0.4 is 5.56 Å². The molecule has 2 rings (SSSR count). The van der Waals surface area contributed by atoms with Crippen molar-refractivity contribution in [2.24, 2.45) is 5.92 Å². The zero-order valence-electron chi connectivity index (χ0n) is 12.4. The van der Waals surface area contributed by atoms with Gasteiger partial charge >= 0.3 is 6.18 Å². The van der Waals surface area contributed by atoms with Crippen molar-refractivity contribution in [1.29, 1.82) is 0 Å². The molecule has 0 N–H and O–H groups in total. The molecule has 0 bridgehead atoms. The molecule has 0 radical (unpaired) electrons. The molecule has 0 spiro atoms. The fourth-order valence-corrected chi connectivity index (χ4v) is 2.32. The van der Waals surface area contributed by atoms with Gasteiger partial charge in [-0.25, -0.2) is 0 Å². The van der Waals surface area contributed by atoms with Crippen molar-refractivity contribution < 1.29 is 18.0 Å². The van der Waals surface area contributed by atoms with Crippen LogP contribution in [0.3, 0.4) is 0 Å². The number of alkyl halides is 3. The average molecular weight is 316 g/mol. The number of hydrogen-bond acceptors (Lipinski definition) is 2. The number of hydrogen-bond donors (Lipinski definition) is 0. The lowest BCUT2D eigenvalue weighted by Gasteiger charge is -2.22. The van der Waals surface area contributed by atoms with Crippen molar-refractivity contribution in [2.45, 2.75) is 38.9 Å². The minimum absolute atomic E-state index is 0.310. The third-order valence-corrected chi connectivity index (χ3v) is 3.65. The van der Waals surface area contributed by atoms with Gasteiger partial charge in [0.15, 0.2) is 0 Å². The second-order valence-electron chi connectivity index (χ2n) is 5.64. The first kappa shape index (κ1) is 16.6. The molecule has 1 aliphatic rings. The lowest BCUT2D eigenvalue weighted by molar-refractivity contribution is -0.139. The summed E-state index contributed by atoms with van der Waals surface area (Å²) >= 11 is 0. The van der Waals surface area contributed by atoms with Crippen molar-refractivity contribution in [3.8, 4) is 0 Å². The van der Waals surface area contributed by atoms with Gasteiger partial charge in [-0.05, 0) is 37.3 Å². The Morgan fingerprint density at radius 3 is 2.64 bits per heavy atom. The van der Waals surface area contributed by atoms with E-state index in [1.807, 2.05) is 6.92 Å². The average Bonchev–Trinajstić information content (AvgIpc) is 3.23. The van der Waals surface area contributed by atoms with Crippen molar-refractivity contribution in [2.75, 3.05) is 13.1 Å². The molecule has 0 unspecified atom stereocenters. The largest absolute Gasteiger partial charge is 0.421 e. The molecule has 4 nitrogen and oxygen atoms in total. The van der Waals surface area contributed by atoms with Gasteiger partial charge in [-0.2, -0.15) is 13.2 Å². The van der Waals surface area contributed by atoms with E-state index in [0.29, 0.717) is 19.0 Å². The van der Waals surface area contributed by atoms with Crippen LogP contribution in [0, 0.1) is 5.92 Å². The highest BCUT2D eigenvalue weighted by atomic mass is 19.4. The molecule has 1 aliphatic carbocycles. The van der Waals surface area contributed by atoms with Gasteiger partial charge in [0, 0.05) is 19.3 Å². The van der Waals surface area contributed by atoms with Crippen LogP contribution in [0.25, 0.3) is 0 Å². The molecule has 1 saturated carbocycles. The molecule has 0 atom stereocenters. The molecular weight excluding hydrogens is 297 g/mol. The van der Waals surface area contributed by atoms with E-state index in [4.69, 9.17) is 0 Å². The van der Waals surface area contributed by atoms with Crippen molar-refractivity contribution in [3.63, 3.8) is 0 Å². The number of nitrogens with zero attached hydrogens (tertiary/aromatic N) is 2. The summed E-state index contributed by atoms with van der Waals surface area (Å²) in [4.78, 5) is 25.7. The third kappa shape index (κ3) is 4.11. The molecule has 1 heterocycles. The standard InChI is InChI=1S/C15H19F3N2O2/c1-2-7-19(9-11-5-6-11)13(21)10-20-8-3-4-12(14(20)22)15(16,17)18/h3-4,8,11H,2,5-7,9-10H2,1H3. The molecule has 0 aromatic carbocycles. The normalized spacial score (nSPS) is 14.9. The highest BCUT2D eigenvalue weighted by Crippen LogP contribution is 2.30. The van der Waals surface area contributed by atoms with Crippen molar-refractivity contribution in [1.82, 2.24) is 9.47 Å². The first-order valence-corrected chi connectivity index (χ1v) is 7.37. The fraction of sp³-hybridized carbons (Fsp3) is 0.600. The van der Waals surface area contributed by atoms with Crippen LogP contribution in [0.1, 0.15) is 31.7 Å². The summed E-state index contributed by atoms with van der Waals surface area (Å²) in [6.07, 6.45) is -0.555. The summed E-state index contributed by atoms with van der Waals surface area (Å²) in [7, 11) is 0. The number of rotatable bonds is 6. The molecule has 7 heteroatoms. The van der Waals surface area contributed by atoms with Gasteiger partial charge in [-0.3, -0.25) is 9.59 Å². The molecule has 1 aromatic heterocycles. The number of amides is 1. The molecular formula is C15H19F3N2O2. The minimum Gasteiger partial charge on any atom is -0.341 e. The van der Waals surface area contributed by atoms with E-state index >= 15 is 0 Å². The van der Waals surface area contributed by atoms with E-state index < -0.39 is 17.3 Å². The number of halogens is 3. The zero-order valence-corrected chi connectivity index (χ0v) is 12.4. The third-order valence-electron chi connectivity index (χ3n) is 3.65. The molecule has 1 aromatic rings. The van der Waals surface area contributed by atoms with E-state index in [1.165, 1.54) is 6.20 Å². The SMILES string of the molecule is CCCN(CC1CC1)C(=O)Cn1cccc(C(F)(F)F)c1=O. The van der Waals surface area contributed by atoms with E-state index in [1.54, 1.807) is 4.90 Å². The summed E-state index contributed by atoms with van der Waals surface area (Å²) in [5.41, 5.74) is -2.42. The highest BCUT2D eigenvalue weighted by Gasteiger charge is 2.34. The number of aromatic nitrogens is 1. The molecule has 122 valence electrons. The van der Waals surface area contributed by atoms with Crippen LogP contribution in [-0.2, 0) is 17.5 Å². The molecule has 0 saturated heterocycles. The summed E-state index contributed by atoms with van der Waals surface area (Å²) in [5.74, 6) is 0.184. The first-order chi connectivity index (χ1) is 10.3.